The van der Waals surface area contributed by atoms with E-state index in [-0.39, 0.29) is 0 Å². The van der Waals surface area contributed by atoms with Crippen molar-refractivity contribution in [2.24, 2.45) is 0 Å². The lowest BCUT2D eigenvalue weighted by molar-refractivity contribution is -0.183. The van der Waals surface area contributed by atoms with Crippen molar-refractivity contribution in [3.8, 4) is 0 Å². The molecule has 0 aliphatic heterocycles. The van der Waals surface area contributed by atoms with Crippen LogP contribution in [-0.2, 0) is 6.54 Å². The molecule has 1 aliphatic rings. The first-order chi connectivity index (χ1) is 8.87. The summed E-state index contributed by atoms with van der Waals surface area (Å²) >= 11 is 6.88. The Labute approximate surface area is 129 Å². The average molecular weight is 394 g/mol. The highest BCUT2D eigenvalue weighted by molar-refractivity contribution is 9.11. The summed E-state index contributed by atoms with van der Waals surface area (Å²) in [4.78, 5) is 0. The fourth-order valence-corrected chi connectivity index (χ4v) is 3.64. The van der Waals surface area contributed by atoms with Gasteiger partial charge in [-0.2, -0.15) is 0 Å². The van der Waals surface area contributed by atoms with E-state index in [1.807, 2.05) is 12.1 Å². The Morgan fingerprint density at radius 2 is 1.89 bits per heavy atom. The van der Waals surface area contributed by atoms with E-state index < -0.39 is 5.79 Å². The van der Waals surface area contributed by atoms with E-state index in [4.69, 9.17) is 5.73 Å². The molecule has 0 radical (unpaired) electrons. The number of nitrogen functional groups attached to an aromatic ring is 1. The van der Waals surface area contributed by atoms with Crippen LogP contribution in [0, 0.1) is 0 Å². The molecule has 4 nitrogen and oxygen atoms in total. The van der Waals surface area contributed by atoms with Crippen LogP contribution in [0.2, 0.25) is 0 Å². The van der Waals surface area contributed by atoms with Gasteiger partial charge < -0.3 is 21.3 Å². The molecule has 0 spiro atoms. The van der Waals surface area contributed by atoms with Crippen molar-refractivity contribution in [2.75, 3.05) is 5.73 Å². The minimum absolute atomic E-state index is 0.310. The van der Waals surface area contributed by atoms with Gasteiger partial charge >= 0.3 is 0 Å². The Kier molecular flexibility index (Phi) is 4.89. The van der Waals surface area contributed by atoms with Crippen molar-refractivity contribution in [3.05, 3.63) is 26.6 Å². The highest BCUT2D eigenvalue weighted by Gasteiger charge is 2.30. The van der Waals surface area contributed by atoms with E-state index >= 15 is 0 Å². The molecule has 1 fully saturated rings. The SMILES string of the molecule is Nc1c(Br)cc(Br)cc1CNC1CCC(O)(O)CC1. The summed E-state index contributed by atoms with van der Waals surface area (Å²) in [5.41, 5.74) is 7.80. The van der Waals surface area contributed by atoms with Crippen LogP contribution in [0.1, 0.15) is 31.2 Å². The zero-order chi connectivity index (χ0) is 14.0. The molecule has 5 N–H and O–H groups in total. The Morgan fingerprint density at radius 3 is 2.53 bits per heavy atom. The second-order valence-corrected chi connectivity index (χ2v) is 6.87. The molecular weight excluding hydrogens is 376 g/mol. The molecule has 0 heterocycles. The molecular formula is C13H18Br2N2O2. The largest absolute Gasteiger partial charge is 0.398 e. The predicted molar refractivity (Wildman–Crippen MR) is 82.5 cm³/mol. The maximum Gasteiger partial charge on any atom is 0.162 e. The van der Waals surface area contributed by atoms with Crippen molar-refractivity contribution in [1.29, 1.82) is 0 Å². The van der Waals surface area contributed by atoms with Gasteiger partial charge in [0.25, 0.3) is 0 Å². The molecule has 2 rings (SSSR count). The van der Waals surface area contributed by atoms with Crippen LogP contribution in [0.15, 0.2) is 21.1 Å². The molecule has 1 aromatic rings. The standard InChI is InChI=1S/C13H18Br2N2O2/c14-9-5-8(12(16)11(15)6-9)7-17-10-1-3-13(18,19)4-2-10/h5-6,10,17-19H,1-4,7,16H2. The predicted octanol–water partition coefficient (Wildman–Crippen LogP) is 2.51. The first-order valence-corrected chi connectivity index (χ1v) is 7.87. The number of benzene rings is 1. The average Bonchev–Trinajstić information content (AvgIpc) is 2.33. The van der Waals surface area contributed by atoms with Crippen LogP contribution in [-0.4, -0.2) is 22.0 Å². The highest BCUT2D eigenvalue weighted by atomic mass is 79.9. The van der Waals surface area contributed by atoms with Gasteiger partial charge in [-0.25, -0.2) is 0 Å². The zero-order valence-electron chi connectivity index (χ0n) is 10.5. The van der Waals surface area contributed by atoms with Gasteiger partial charge in [0.1, 0.15) is 0 Å². The quantitative estimate of drug-likeness (QED) is 0.470. The summed E-state index contributed by atoms with van der Waals surface area (Å²) in [5, 5.41) is 22.4. The third kappa shape index (κ3) is 4.16. The molecule has 1 aromatic carbocycles. The van der Waals surface area contributed by atoms with Crippen molar-refractivity contribution >= 4 is 37.5 Å². The summed E-state index contributed by atoms with van der Waals surface area (Å²) in [6.45, 7) is 0.679. The number of halogens is 2. The van der Waals surface area contributed by atoms with Gasteiger partial charge in [0, 0.05) is 34.4 Å². The Balaban J connectivity index is 1.93. The summed E-state index contributed by atoms with van der Waals surface area (Å²) in [6, 6.07) is 4.23. The van der Waals surface area contributed by atoms with Crippen LogP contribution in [0.3, 0.4) is 0 Å². The van der Waals surface area contributed by atoms with Crippen LogP contribution in [0.5, 0.6) is 0 Å². The molecule has 1 saturated carbocycles. The Morgan fingerprint density at radius 1 is 1.26 bits per heavy atom. The maximum absolute atomic E-state index is 9.49. The smallest absolute Gasteiger partial charge is 0.162 e. The van der Waals surface area contributed by atoms with E-state index in [0.717, 1.165) is 33.0 Å². The van der Waals surface area contributed by atoms with Gasteiger partial charge in [-0.05, 0) is 46.5 Å². The molecule has 106 valence electrons. The first kappa shape index (κ1) is 15.3. The number of nitrogens with one attached hydrogen (secondary N) is 1. The van der Waals surface area contributed by atoms with Gasteiger partial charge in [-0.1, -0.05) is 15.9 Å². The molecule has 0 amide bonds. The Hall–Kier alpha value is -0.140. The monoisotopic (exact) mass is 392 g/mol. The zero-order valence-corrected chi connectivity index (χ0v) is 13.7. The minimum Gasteiger partial charge on any atom is -0.398 e. The number of nitrogens with two attached hydrogens (primary N) is 1. The third-order valence-electron chi connectivity index (χ3n) is 3.55. The van der Waals surface area contributed by atoms with Gasteiger partial charge in [-0.3, -0.25) is 0 Å². The second kappa shape index (κ2) is 6.10. The molecule has 1 aliphatic carbocycles. The Bertz CT molecular complexity index is 456. The number of aliphatic hydroxyl groups is 2. The highest BCUT2D eigenvalue weighted by Crippen LogP contribution is 2.29. The van der Waals surface area contributed by atoms with E-state index in [0.29, 0.717) is 25.4 Å². The number of hydrogen-bond donors (Lipinski definition) is 4. The second-order valence-electron chi connectivity index (χ2n) is 5.10. The summed E-state index contributed by atoms with van der Waals surface area (Å²) in [6.07, 6.45) is 2.37. The lowest BCUT2D eigenvalue weighted by atomic mass is 9.90. The van der Waals surface area contributed by atoms with E-state index in [9.17, 15) is 10.2 Å². The van der Waals surface area contributed by atoms with Crippen molar-refractivity contribution in [1.82, 2.24) is 5.32 Å². The summed E-state index contributed by atoms with van der Waals surface area (Å²) < 4.78 is 1.87. The van der Waals surface area contributed by atoms with Crippen LogP contribution >= 0.6 is 31.9 Å². The lowest BCUT2D eigenvalue weighted by Crippen LogP contribution is -2.40. The molecule has 0 aromatic heterocycles. The van der Waals surface area contributed by atoms with Crippen molar-refractivity contribution < 1.29 is 10.2 Å². The fraction of sp³-hybridized carbons (Fsp3) is 0.538. The molecule has 0 bridgehead atoms. The van der Waals surface area contributed by atoms with E-state index in [1.165, 1.54) is 0 Å². The summed E-state index contributed by atoms with van der Waals surface area (Å²) in [7, 11) is 0. The molecule has 0 atom stereocenters. The number of rotatable bonds is 3. The van der Waals surface area contributed by atoms with Crippen molar-refractivity contribution in [3.63, 3.8) is 0 Å². The van der Waals surface area contributed by atoms with Crippen LogP contribution < -0.4 is 11.1 Å². The molecule has 0 unspecified atom stereocenters. The van der Waals surface area contributed by atoms with Gasteiger partial charge in [-0.15, -0.1) is 0 Å². The molecule has 0 saturated heterocycles. The maximum atomic E-state index is 9.49. The van der Waals surface area contributed by atoms with Gasteiger partial charge in [0.15, 0.2) is 5.79 Å². The van der Waals surface area contributed by atoms with Gasteiger partial charge in [0.05, 0.1) is 5.69 Å². The van der Waals surface area contributed by atoms with Gasteiger partial charge in [0.2, 0.25) is 0 Å². The summed E-state index contributed by atoms with van der Waals surface area (Å²) in [5.74, 6) is -1.48. The van der Waals surface area contributed by atoms with Crippen LogP contribution in [0.4, 0.5) is 5.69 Å². The molecule has 6 heteroatoms. The topological polar surface area (TPSA) is 78.5 Å². The number of hydrogen-bond acceptors (Lipinski definition) is 4. The van der Waals surface area contributed by atoms with E-state index in [2.05, 4.69) is 37.2 Å². The molecule has 19 heavy (non-hydrogen) atoms. The normalized spacial score (nSPS) is 19.6. The number of anilines is 1. The first-order valence-electron chi connectivity index (χ1n) is 6.29. The minimum atomic E-state index is -1.48. The third-order valence-corrected chi connectivity index (χ3v) is 4.66. The van der Waals surface area contributed by atoms with Crippen molar-refractivity contribution in [2.45, 2.75) is 44.1 Å². The van der Waals surface area contributed by atoms with E-state index in [1.54, 1.807) is 0 Å². The fourth-order valence-electron chi connectivity index (χ4n) is 2.32. The lowest BCUT2D eigenvalue weighted by Gasteiger charge is -2.32. The van der Waals surface area contributed by atoms with Crippen LogP contribution in [0.25, 0.3) is 0 Å².